The average molecular weight is 573 g/mol. The molecule has 1 amide bonds. The normalized spacial score (nSPS) is 15.4. The van der Waals surface area contributed by atoms with Gasteiger partial charge in [-0.1, -0.05) is 11.3 Å². The molecule has 3 aromatic heterocycles. The quantitative estimate of drug-likeness (QED) is 0.354. The van der Waals surface area contributed by atoms with E-state index in [2.05, 4.69) is 25.2 Å². The molecule has 1 aliphatic heterocycles. The zero-order valence-electron chi connectivity index (χ0n) is 20.3. The minimum Gasteiger partial charge on any atom is -0.306 e. The third-order valence-electron chi connectivity index (χ3n) is 6.20. The van der Waals surface area contributed by atoms with Gasteiger partial charge in [0.1, 0.15) is 9.79 Å². The van der Waals surface area contributed by atoms with Crippen molar-refractivity contribution in [3.63, 3.8) is 0 Å². The summed E-state index contributed by atoms with van der Waals surface area (Å²) in [7, 11) is -7.17. The summed E-state index contributed by atoms with van der Waals surface area (Å²) in [5.41, 5.74) is 0.386. The molecule has 38 heavy (non-hydrogen) atoms. The monoisotopic (exact) mass is 572 g/mol. The van der Waals surface area contributed by atoms with Gasteiger partial charge in [-0.25, -0.2) is 4.98 Å². The number of anilines is 2. The minimum absolute atomic E-state index is 0.109. The molecule has 198 valence electrons. The van der Waals surface area contributed by atoms with Gasteiger partial charge >= 0.3 is 0 Å². The molecule has 0 spiro atoms. The van der Waals surface area contributed by atoms with Crippen LogP contribution in [0.4, 0.5) is 10.8 Å². The first-order valence-electron chi connectivity index (χ1n) is 11.7. The van der Waals surface area contributed by atoms with Crippen LogP contribution in [0.5, 0.6) is 0 Å². The zero-order valence-corrected chi connectivity index (χ0v) is 22.7. The number of piperidine rings is 1. The third-order valence-corrected chi connectivity index (χ3v) is 11.3. The fraction of sp³-hybridized carbons (Fsp3) is 0.250. The van der Waals surface area contributed by atoms with Crippen LogP contribution >= 0.6 is 11.3 Å². The Morgan fingerprint density at radius 2 is 1.58 bits per heavy atom. The maximum Gasteiger partial charge on any atom is 0.279 e. The Hall–Kier alpha value is -3.46. The molecule has 1 fully saturated rings. The first-order valence-corrected chi connectivity index (χ1v) is 15.4. The van der Waals surface area contributed by atoms with Crippen molar-refractivity contribution in [1.82, 2.24) is 19.9 Å². The number of nitrogens with one attached hydrogen (secondary N) is 1. The van der Waals surface area contributed by atoms with Gasteiger partial charge in [-0.05, 0) is 75.4 Å². The number of amides is 1. The fourth-order valence-corrected chi connectivity index (χ4v) is 8.66. The molecule has 14 heteroatoms. The molecule has 4 heterocycles. The summed E-state index contributed by atoms with van der Waals surface area (Å²) in [6.07, 6.45) is 6.47. The molecule has 0 bridgehead atoms. The van der Waals surface area contributed by atoms with Crippen LogP contribution in [0, 0.1) is 5.92 Å². The van der Waals surface area contributed by atoms with Crippen molar-refractivity contribution in [2.45, 2.75) is 22.6 Å². The van der Waals surface area contributed by atoms with Crippen molar-refractivity contribution in [3.8, 4) is 0 Å². The van der Waals surface area contributed by atoms with E-state index >= 15 is 0 Å². The second-order valence-electron chi connectivity index (χ2n) is 8.82. The van der Waals surface area contributed by atoms with Crippen LogP contribution in [0.2, 0.25) is 0 Å². The second-order valence-corrected chi connectivity index (χ2v) is 13.7. The summed E-state index contributed by atoms with van der Waals surface area (Å²) >= 11 is 1.14. The Morgan fingerprint density at radius 1 is 0.974 bits per heavy atom. The summed E-state index contributed by atoms with van der Waals surface area (Å²) in [5, 5.41) is 3.22. The molecular weight excluding hydrogens is 549 g/mol. The van der Waals surface area contributed by atoms with Crippen molar-refractivity contribution in [2.75, 3.05) is 29.2 Å². The van der Waals surface area contributed by atoms with E-state index in [0.29, 0.717) is 19.1 Å². The molecule has 0 atom stereocenters. The number of aromatic nitrogens is 3. The highest BCUT2D eigenvalue weighted by Gasteiger charge is 2.37. The van der Waals surface area contributed by atoms with E-state index in [0.717, 1.165) is 49.7 Å². The second kappa shape index (κ2) is 10.4. The highest BCUT2D eigenvalue weighted by molar-refractivity contribution is 8.10. The lowest BCUT2D eigenvalue weighted by molar-refractivity contribution is -0.121. The Bertz CT molecular complexity index is 1600. The first kappa shape index (κ1) is 26.2. The molecule has 4 aromatic rings. The topological polar surface area (TPSA) is 143 Å². The number of thiazole rings is 1. The summed E-state index contributed by atoms with van der Waals surface area (Å²) in [4.78, 5) is 26.5. The Kier molecular flexibility index (Phi) is 7.13. The molecule has 0 unspecified atom stereocenters. The lowest BCUT2D eigenvalue weighted by Gasteiger charge is -2.27. The predicted molar refractivity (Wildman–Crippen MR) is 144 cm³/mol. The predicted octanol–water partition coefficient (Wildman–Crippen LogP) is 2.95. The van der Waals surface area contributed by atoms with Gasteiger partial charge in [0.25, 0.3) is 20.0 Å². The van der Waals surface area contributed by atoms with Crippen LogP contribution in [-0.4, -0.2) is 62.7 Å². The number of pyridine rings is 2. The summed E-state index contributed by atoms with van der Waals surface area (Å²) in [6, 6.07) is 9.69. The largest absolute Gasteiger partial charge is 0.306 e. The van der Waals surface area contributed by atoms with Crippen LogP contribution in [0.15, 0.2) is 77.0 Å². The van der Waals surface area contributed by atoms with Gasteiger partial charge in [0.15, 0.2) is 5.13 Å². The molecule has 1 N–H and O–H groups in total. The number of rotatable bonds is 7. The number of hydrogen-bond donors (Lipinski definition) is 1. The summed E-state index contributed by atoms with van der Waals surface area (Å²) in [5.74, 6) is -0.226. The smallest absolute Gasteiger partial charge is 0.279 e. The van der Waals surface area contributed by atoms with Gasteiger partial charge in [-0.2, -0.15) is 20.5 Å². The molecular formula is C24H24N6O5S3. The van der Waals surface area contributed by atoms with Crippen LogP contribution in [0.1, 0.15) is 12.8 Å². The van der Waals surface area contributed by atoms with E-state index < -0.39 is 20.0 Å². The SMILES string of the molecule is CN1CCC(C(=O)Nc2nc3ccc(N(S(=O)(=O)c4cccnc4)S(=O)(=O)c4cccnc4)cc3s2)CC1. The van der Waals surface area contributed by atoms with E-state index in [1.807, 2.05) is 7.05 Å². The Labute approximate surface area is 224 Å². The number of likely N-dealkylation sites (tertiary alicyclic amines) is 1. The van der Waals surface area contributed by atoms with Crippen LogP contribution in [0.3, 0.4) is 0 Å². The number of sulfonamides is 2. The van der Waals surface area contributed by atoms with Crippen molar-refractivity contribution in [2.24, 2.45) is 5.92 Å². The fourth-order valence-electron chi connectivity index (χ4n) is 4.16. The lowest BCUT2D eigenvalue weighted by Crippen LogP contribution is -2.37. The zero-order chi connectivity index (χ0) is 26.9. The maximum atomic E-state index is 13.7. The first-order chi connectivity index (χ1) is 18.2. The van der Waals surface area contributed by atoms with E-state index in [1.165, 1.54) is 54.9 Å². The van der Waals surface area contributed by atoms with Crippen LogP contribution < -0.4 is 9.03 Å². The molecule has 0 radical (unpaired) electrons. The number of carbonyl (C=O) groups excluding carboxylic acids is 1. The number of fused-ring (bicyclic) bond motifs is 1. The van der Waals surface area contributed by atoms with E-state index in [9.17, 15) is 21.6 Å². The van der Waals surface area contributed by atoms with Gasteiger partial charge in [-0.15, -0.1) is 0 Å². The van der Waals surface area contributed by atoms with Crippen LogP contribution in [-0.2, 0) is 24.8 Å². The van der Waals surface area contributed by atoms with E-state index in [1.54, 1.807) is 0 Å². The number of hydrogen-bond acceptors (Lipinski definition) is 10. The molecule has 1 saturated heterocycles. The average Bonchev–Trinajstić information content (AvgIpc) is 3.31. The van der Waals surface area contributed by atoms with Gasteiger partial charge < -0.3 is 10.2 Å². The standard InChI is InChI=1S/C24H24N6O5S3/c1-29-12-8-17(9-13-29)23(31)28-24-27-21-7-6-18(14-22(21)36-24)30(37(32,33)19-4-2-10-25-15-19)38(34,35)20-5-3-11-26-16-20/h2-7,10-11,14-17H,8-9,12-13H2,1H3,(H,27,28,31). The highest BCUT2D eigenvalue weighted by atomic mass is 32.3. The van der Waals surface area contributed by atoms with Crippen molar-refractivity contribution in [3.05, 3.63) is 67.3 Å². The molecule has 0 aliphatic carbocycles. The van der Waals surface area contributed by atoms with E-state index in [-0.39, 0.29) is 27.3 Å². The molecule has 5 rings (SSSR count). The van der Waals surface area contributed by atoms with Crippen LogP contribution in [0.25, 0.3) is 10.2 Å². The Morgan fingerprint density at radius 3 is 2.13 bits per heavy atom. The van der Waals surface area contributed by atoms with Crippen molar-refractivity contribution < 1.29 is 21.6 Å². The molecule has 1 aromatic carbocycles. The molecule has 11 nitrogen and oxygen atoms in total. The number of nitrogens with zero attached hydrogens (tertiary/aromatic N) is 5. The number of carbonyl (C=O) groups is 1. The molecule has 0 saturated carbocycles. The van der Waals surface area contributed by atoms with Gasteiger partial charge in [0.05, 0.1) is 15.9 Å². The van der Waals surface area contributed by atoms with Gasteiger partial charge in [0, 0.05) is 30.7 Å². The highest BCUT2D eigenvalue weighted by Crippen LogP contribution is 2.35. The molecule has 1 aliphatic rings. The van der Waals surface area contributed by atoms with Gasteiger partial charge in [0.2, 0.25) is 5.91 Å². The summed E-state index contributed by atoms with van der Waals surface area (Å²) in [6.45, 7) is 1.68. The van der Waals surface area contributed by atoms with Gasteiger partial charge in [-0.3, -0.25) is 14.8 Å². The maximum absolute atomic E-state index is 13.7. The third kappa shape index (κ3) is 5.12. The summed E-state index contributed by atoms with van der Waals surface area (Å²) < 4.78 is 55.5. The van der Waals surface area contributed by atoms with Crippen molar-refractivity contribution in [1.29, 1.82) is 0 Å². The van der Waals surface area contributed by atoms with Crippen molar-refractivity contribution >= 4 is 58.3 Å². The Balaban J connectivity index is 1.53. The minimum atomic E-state index is -4.59. The lowest BCUT2D eigenvalue weighted by atomic mass is 9.96. The van der Waals surface area contributed by atoms with E-state index in [4.69, 9.17) is 0 Å². The number of benzene rings is 1.